The standard InChI is InChI=1S/C13H18N2O3/c1-3-8-14-12(16)9-15-11-7-5-4-6-10(11)13(17)18-2/h4-7,15H,3,8-9H2,1-2H3,(H,14,16). The highest BCUT2D eigenvalue weighted by Gasteiger charge is 2.11. The van der Waals surface area contributed by atoms with Crippen LogP contribution in [0.4, 0.5) is 5.69 Å². The Morgan fingerprint density at radius 2 is 2.00 bits per heavy atom. The van der Waals surface area contributed by atoms with E-state index in [-0.39, 0.29) is 12.5 Å². The Morgan fingerprint density at radius 1 is 1.28 bits per heavy atom. The average Bonchev–Trinajstić information content (AvgIpc) is 2.42. The molecule has 1 aromatic carbocycles. The monoisotopic (exact) mass is 250 g/mol. The van der Waals surface area contributed by atoms with Gasteiger partial charge in [-0.05, 0) is 18.6 Å². The minimum atomic E-state index is -0.424. The van der Waals surface area contributed by atoms with E-state index in [9.17, 15) is 9.59 Å². The van der Waals surface area contributed by atoms with Crippen LogP contribution in [0.15, 0.2) is 24.3 Å². The van der Waals surface area contributed by atoms with Crippen molar-refractivity contribution in [2.24, 2.45) is 0 Å². The number of nitrogens with one attached hydrogen (secondary N) is 2. The fraction of sp³-hybridized carbons (Fsp3) is 0.385. The Bertz CT molecular complexity index is 418. The van der Waals surface area contributed by atoms with Gasteiger partial charge in [0.25, 0.3) is 0 Å². The Balaban J connectivity index is 2.61. The Kier molecular flexibility index (Phi) is 5.70. The first-order valence-corrected chi connectivity index (χ1v) is 5.87. The lowest BCUT2D eigenvalue weighted by Gasteiger charge is -2.10. The van der Waals surface area contributed by atoms with Gasteiger partial charge in [-0.2, -0.15) is 0 Å². The van der Waals surface area contributed by atoms with E-state index >= 15 is 0 Å². The number of methoxy groups -OCH3 is 1. The summed E-state index contributed by atoms with van der Waals surface area (Å²) in [5.41, 5.74) is 1.01. The summed E-state index contributed by atoms with van der Waals surface area (Å²) in [6.07, 6.45) is 0.893. The highest BCUT2D eigenvalue weighted by Crippen LogP contribution is 2.15. The van der Waals surface area contributed by atoms with Gasteiger partial charge in [-0.15, -0.1) is 0 Å². The molecule has 0 saturated heterocycles. The highest BCUT2D eigenvalue weighted by molar-refractivity contribution is 5.96. The first-order chi connectivity index (χ1) is 8.69. The maximum absolute atomic E-state index is 11.5. The van der Waals surface area contributed by atoms with Crippen LogP contribution < -0.4 is 10.6 Å². The minimum Gasteiger partial charge on any atom is -0.465 e. The van der Waals surface area contributed by atoms with E-state index in [0.717, 1.165) is 6.42 Å². The predicted octanol–water partition coefficient (Wildman–Crippen LogP) is 1.41. The number of carbonyl (C=O) groups excluding carboxylic acids is 2. The lowest BCUT2D eigenvalue weighted by molar-refractivity contribution is -0.119. The smallest absolute Gasteiger partial charge is 0.339 e. The van der Waals surface area contributed by atoms with Crippen LogP contribution in [-0.2, 0) is 9.53 Å². The van der Waals surface area contributed by atoms with E-state index in [4.69, 9.17) is 0 Å². The summed E-state index contributed by atoms with van der Waals surface area (Å²) in [4.78, 5) is 22.9. The quantitative estimate of drug-likeness (QED) is 0.749. The van der Waals surface area contributed by atoms with Gasteiger partial charge in [0.2, 0.25) is 5.91 Å². The molecule has 5 heteroatoms. The zero-order valence-electron chi connectivity index (χ0n) is 10.7. The van der Waals surface area contributed by atoms with E-state index in [1.54, 1.807) is 24.3 Å². The molecule has 98 valence electrons. The van der Waals surface area contributed by atoms with E-state index in [0.29, 0.717) is 17.8 Å². The SMILES string of the molecule is CCCNC(=O)CNc1ccccc1C(=O)OC. The molecule has 18 heavy (non-hydrogen) atoms. The Labute approximate surface area is 107 Å². The molecule has 0 heterocycles. The summed E-state index contributed by atoms with van der Waals surface area (Å²) in [7, 11) is 1.33. The number of amides is 1. The maximum atomic E-state index is 11.5. The average molecular weight is 250 g/mol. The second-order valence-corrected chi connectivity index (χ2v) is 3.74. The number of rotatable bonds is 6. The van der Waals surface area contributed by atoms with Gasteiger partial charge in [0.15, 0.2) is 0 Å². The molecule has 2 N–H and O–H groups in total. The third-order valence-corrected chi connectivity index (χ3v) is 2.34. The summed E-state index contributed by atoms with van der Waals surface area (Å²) < 4.78 is 4.67. The number of hydrogen-bond donors (Lipinski definition) is 2. The molecule has 0 fully saturated rings. The molecule has 0 aliphatic carbocycles. The molecule has 0 aliphatic heterocycles. The zero-order valence-corrected chi connectivity index (χ0v) is 10.7. The molecule has 0 saturated carbocycles. The molecule has 1 rings (SSSR count). The first-order valence-electron chi connectivity index (χ1n) is 5.87. The molecule has 0 aliphatic rings. The van der Waals surface area contributed by atoms with Crippen molar-refractivity contribution < 1.29 is 14.3 Å². The van der Waals surface area contributed by atoms with Gasteiger partial charge >= 0.3 is 5.97 Å². The molecule has 0 atom stereocenters. The van der Waals surface area contributed by atoms with E-state index in [1.807, 2.05) is 6.92 Å². The zero-order chi connectivity index (χ0) is 13.4. The summed E-state index contributed by atoms with van der Waals surface area (Å²) in [5.74, 6) is -0.524. The summed E-state index contributed by atoms with van der Waals surface area (Å²) in [6, 6.07) is 6.92. The molecule has 0 unspecified atom stereocenters. The number of hydrogen-bond acceptors (Lipinski definition) is 4. The normalized spacial score (nSPS) is 9.67. The second-order valence-electron chi connectivity index (χ2n) is 3.74. The lowest BCUT2D eigenvalue weighted by Crippen LogP contribution is -2.30. The number of esters is 1. The van der Waals surface area contributed by atoms with Crippen molar-refractivity contribution in [1.82, 2.24) is 5.32 Å². The molecular formula is C13H18N2O3. The third kappa shape index (κ3) is 4.08. The minimum absolute atomic E-state index is 0.100. The number of anilines is 1. The van der Waals surface area contributed by atoms with Gasteiger partial charge in [0.1, 0.15) is 0 Å². The molecule has 0 bridgehead atoms. The van der Waals surface area contributed by atoms with Crippen LogP contribution in [0.2, 0.25) is 0 Å². The number of para-hydroxylation sites is 1. The van der Waals surface area contributed by atoms with Crippen LogP contribution in [-0.4, -0.2) is 32.1 Å². The van der Waals surface area contributed by atoms with Gasteiger partial charge in [0.05, 0.1) is 19.2 Å². The van der Waals surface area contributed by atoms with Crippen LogP contribution in [0.3, 0.4) is 0 Å². The van der Waals surface area contributed by atoms with Crippen molar-refractivity contribution in [3.8, 4) is 0 Å². The maximum Gasteiger partial charge on any atom is 0.339 e. The molecule has 0 radical (unpaired) electrons. The predicted molar refractivity (Wildman–Crippen MR) is 69.6 cm³/mol. The van der Waals surface area contributed by atoms with Gasteiger partial charge in [-0.1, -0.05) is 19.1 Å². The van der Waals surface area contributed by atoms with Crippen LogP contribution in [0.1, 0.15) is 23.7 Å². The van der Waals surface area contributed by atoms with Crippen LogP contribution >= 0.6 is 0 Å². The van der Waals surface area contributed by atoms with E-state index in [1.165, 1.54) is 7.11 Å². The third-order valence-electron chi connectivity index (χ3n) is 2.34. The van der Waals surface area contributed by atoms with Crippen molar-refractivity contribution in [3.05, 3.63) is 29.8 Å². The van der Waals surface area contributed by atoms with Gasteiger partial charge in [-0.3, -0.25) is 4.79 Å². The fourth-order valence-electron chi connectivity index (χ4n) is 1.43. The van der Waals surface area contributed by atoms with Crippen LogP contribution in [0.5, 0.6) is 0 Å². The number of benzene rings is 1. The summed E-state index contributed by atoms with van der Waals surface area (Å²) in [6.45, 7) is 2.77. The first kappa shape index (κ1) is 14.0. The van der Waals surface area contributed by atoms with Crippen molar-refractivity contribution in [2.45, 2.75) is 13.3 Å². The lowest BCUT2D eigenvalue weighted by atomic mass is 10.2. The Morgan fingerprint density at radius 3 is 2.67 bits per heavy atom. The second kappa shape index (κ2) is 7.32. The van der Waals surface area contributed by atoms with Gasteiger partial charge in [-0.25, -0.2) is 4.79 Å². The summed E-state index contributed by atoms with van der Waals surface area (Å²) >= 11 is 0. The molecule has 5 nitrogen and oxygen atoms in total. The van der Waals surface area contributed by atoms with Crippen LogP contribution in [0.25, 0.3) is 0 Å². The van der Waals surface area contributed by atoms with Gasteiger partial charge < -0.3 is 15.4 Å². The molecule has 0 aromatic heterocycles. The largest absolute Gasteiger partial charge is 0.465 e. The van der Waals surface area contributed by atoms with Crippen molar-refractivity contribution >= 4 is 17.6 Å². The van der Waals surface area contributed by atoms with Crippen molar-refractivity contribution in [1.29, 1.82) is 0 Å². The molecule has 1 amide bonds. The fourth-order valence-corrected chi connectivity index (χ4v) is 1.43. The van der Waals surface area contributed by atoms with E-state index in [2.05, 4.69) is 15.4 Å². The Hall–Kier alpha value is -2.04. The molecule has 0 spiro atoms. The molecule has 1 aromatic rings. The number of carbonyl (C=O) groups is 2. The summed E-state index contributed by atoms with van der Waals surface area (Å²) in [5, 5.41) is 5.67. The van der Waals surface area contributed by atoms with Crippen LogP contribution in [0, 0.1) is 0 Å². The van der Waals surface area contributed by atoms with Crippen molar-refractivity contribution in [2.75, 3.05) is 25.5 Å². The van der Waals surface area contributed by atoms with Crippen molar-refractivity contribution in [3.63, 3.8) is 0 Å². The van der Waals surface area contributed by atoms with E-state index < -0.39 is 5.97 Å². The highest BCUT2D eigenvalue weighted by atomic mass is 16.5. The molecular weight excluding hydrogens is 232 g/mol. The topological polar surface area (TPSA) is 67.4 Å². The number of ether oxygens (including phenoxy) is 1. The van der Waals surface area contributed by atoms with Gasteiger partial charge in [0, 0.05) is 12.2 Å².